The van der Waals surface area contributed by atoms with Gasteiger partial charge in [0.15, 0.2) is 5.65 Å². The van der Waals surface area contributed by atoms with Crippen LogP contribution in [0.2, 0.25) is 0 Å². The van der Waals surface area contributed by atoms with Crippen LogP contribution in [0.25, 0.3) is 11.0 Å². The third-order valence-corrected chi connectivity index (χ3v) is 4.86. The number of carbonyl (C=O) groups excluding carboxylic acids is 1. The number of aromatic nitrogens is 5. The van der Waals surface area contributed by atoms with Gasteiger partial charge in [0.05, 0.1) is 24.0 Å². The van der Waals surface area contributed by atoms with Crippen molar-refractivity contribution in [3.63, 3.8) is 0 Å². The Kier molecular flexibility index (Phi) is 4.49. The molecule has 0 aliphatic rings. The number of hydrogen-bond donors (Lipinski definition) is 1. The van der Waals surface area contributed by atoms with Gasteiger partial charge in [-0.05, 0) is 30.7 Å². The van der Waals surface area contributed by atoms with Gasteiger partial charge in [0.1, 0.15) is 5.82 Å². The molecular formula is C19H17BrN6O. The molecule has 0 unspecified atom stereocenters. The largest absolute Gasteiger partial charge is 0.307 e. The Hall–Kier alpha value is -3.00. The highest BCUT2D eigenvalue weighted by atomic mass is 79.9. The minimum absolute atomic E-state index is 0.231. The van der Waals surface area contributed by atoms with Crippen molar-refractivity contribution >= 4 is 38.7 Å². The first-order valence-electron chi connectivity index (χ1n) is 8.38. The van der Waals surface area contributed by atoms with Crippen LogP contribution >= 0.6 is 15.9 Å². The van der Waals surface area contributed by atoms with E-state index in [9.17, 15) is 4.79 Å². The second kappa shape index (κ2) is 6.96. The van der Waals surface area contributed by atoms with Crippen LogP contribution in [-0.2, 0) is 13.6 Å². The highest BCUT2D eigenvalue weighted by Crippen LogP contribution is 2.18. The number of amides is 1. The van der Waals surface area contributed by atoms with Crippen LogP contribution < -0.4 is 5.32 Å². The molecule has 27 heavy (non-hydrogen) atoms. The molecule has 0 aliphatic carbocycles. The van der Waals surface area contributed by atoms with E-state index in [0.717, 1.165) is 26.8 Å². The van der Waals surface area contributed by atoms with Gasteiger partial charge in [-0.25, -0.2) is 9.67 Å². The first-order chi connectivity index (χ1) is 13.0. The molecule has 7 nitrogen and oxygen atoms in total. The summed E-state index contributed by atoms with van der Waals surface area (Å²) in [4.78, 5) is 17.1. The van der Waals surface area contributed by atoms with E-state index in [1.165, 1.54) is 0 Å². The summed E-state index contributed by atoms with van der Waals surface area (Å²) < 4.78 is 4.48. The molecule has 3 heterocycles. The van der Waals surface area contributed by atoms with Crippen molar-refractivity contribution in [2.45, 2.75) is 13.5 Å². The fraction of sp³-hybridized carbons (Fsp3) is 0.158. The molecule has 4 aromatic rings. The molecular weight excluding hydrogens is 408 g/mol. The van der Waals surface area contributed by atoms with Crippen LogP contribution in [0, 0.1) is 6.92 Å². The molecule has 1 N–H and O–H groups in total. The molecule has 1 amide bonds. The Balaban J connectivity index is 1.56. The number of aryl methyl sites for hydroxylation is 2. The van der Waals surface area contributed by atoms with Crippen LogP contribution in [0.1, 0.15) is 21.6 Å². The van der Waals surface area contributed by atoms with Crippen molar-refractivity contribution < 1.29 is 4.79 Å². The van der Waals surface area contributed by atoms with Gasteiger partial charge >= 0.3 is 0 Å². The molecule has 0 saturated carbocycles. The van der Waals surface area contributed by atoms with E-state index in [-0.39, 0.29) is 5.91 Å². The number of pyridine rings is 1. The lowest BCUT2D eigenvalue weighted by molar-refractivity contribution is 0.102. The number of benzene rings is 1. The maximum absolute atomic E-state index is 12.7. The van der Waals surface area contributed by atoms with Gasteiger partial charge in [0, 0.05) is 29.2 Å². The lowest BCUT2D eigenvalue weighted by Gasteiger charge is -2.09. The second-order valence-corrected chi connectivity index (χ2v) is 7.17. The summed E-state index contributed by atoms with van der Waals surface area (Å²) in [6.07, 6.45) is 3.23. The summed E-state index contributed by atoms with van der Waals surface area (Å²) in [6.45, 7) is 2.47. The standard InChI is InChI=1S/C19H17BrN6O/c1-12-16-9-14(10-21-18(16)25(2)24-12)19(27)23-17-7-8-22-26(17)11-13-3-5-15(20)6-4-13/h3-10H,11H2,1-2H3,(H,23,27). The van der Waals surface area contributed by atoms with E-state index < -0.39 is 0 Å². The summed E-state index contributed by atoms with van der Waals surface area (Å²) in [5.74, 6) is 0.399. The summed E-state index contributed by atoms with van der Waals surface area (Å²) >= 11 is 3.43. The zero-order chi connectivity index (χ0) is 19.0. The van der Waals surface area contributed by atoms with Gasteiger partial charge in [0.2, 0.25) is 0 Å². The van der Waals surface area contributed by atoms with E-state index in [4.69, 9.17) is 0 Å². The number of fused-ring (bicyclic) bond motifs is 1. The number of halogens is 1. The molecule has 0 radical (unpaired) electrons. The van der Waals surface area contributed by atoms with Gasteiger partial charge in [-0.3, -0.25) is 9.48 Å². The van der Waals surface area contributed by atoms with Gasteiger partial charge in [-0.1, -0.05) is 28.1 Å². The average molecular weight is 425 g/mol. The van der Waals surface area contributed by atoms with E-state index in [1.807, 2.05) is 44.3 Å². The predicted molar refractivity (Wildman–Crippen MR) is 107 cm³/mol. The Labute approximate surface area is 164 Å². The van der Waals surface area contributed by atoms with Crippen molar-refractivity contribution in [2.24, 2.45) is 7.05 Å². The number of rotatable bonds is 4. The first-order valence-corrected chi connectivity index (χ1v) is 9.17. The van der Waals surface area contributed by atoms with Crippen LogP contribution in [0.15, 0.2) is 53.3 Å². The molecule has 8 heteroatoms. The van der Waals surface area contributed by atoms with Gasteiger partial charge in [0.25, 0.3) is 5.91 Å². The normalized spacial score (nSPS) is 11.1. The number of anilines is 1. The maximum Gasteiger partial charge on any atom is 0.258 e. The van der Waals surface area contributed by atoms with E-state index in [1.54, 1.807) is 27.8 Å². The molecule has 0 atom stereocenters. The van der Waals surface area contributed by atoms with Crippen molar-refractivity contribution in [1.29, 1.82) is 0 Å². The summed E-state index contributed by atoms with van der Waals surface area (Å²) in [5, 5.41) is 12.4. The zero-order valence-electron chi connectivity index (χ0n) is 14.8. The van der Waals surface area contributed by atoms with E-state index in [2.05, 4.69) is 36.4 Å². The van der Waals surface area contributed by atoms with Gasteiger partial charge in [-0.15, -0.1) is 0 Å². The molecule has 4 rings (SSSR count). The fourth-order valence-electron chi connectivity index (χ4n) is 2.95. The molecule has 0 fully saturated rings. The fourth-order valence-corrected chi connectivity index (χ4v) is 3.21. The van der Waals surface area contributed by atoms with Gasteiger partial charge in [-0.2, -0.15) is 10.2 Å². The Morgan fingerprint density at radius 3 is 2.78 bits per heavy atom. The lowest BCUT2D eigenvalue weighted by Crippen LogP contribution is -2.16. The van der Waals surface area contributed by atoms with Crippen LogP contribution in [0.3, 0.4) is 0 Å². The SMILES string of the molecule is Cc1nn(C)c2ncc(C(=O)Nc3ccnn3Cc3ccc(Br)cc3)cc12. The number of nitrogens with one attached hydrogen (secondary N) is 1. The molecule has 0 spiro atoms. The third-order valence-electron chi connectivity index (χ3n) is 4.33. The van der Waals surface area contributed by atoms with Crippen LogP contribution in [0.5, 0.6) is 0 Å². The van der Waals surface area contributed by atoms with Crippen LogP contribution in [0.4, 0.5) is 5.82 Å². The highest BCUT2D eigenvalue weighted by molar-refractivity contribution is 9.10. The molecule has 0 bridgehead atoms. The monoisotopic (exact) mass is 424 g/mol. The van der Waals surface area contributed by atoms with Crippen molar-refractivity contribution in [2.75, 3.05) is 5.32 Å². The summed E-state index contributed by atoms with van der Waals surface area (Å²) in [6, 6.07) is 11.6. The number of nitrogens with zero attached hydrogens (tertiary/aromatic N) is 5. The average Bonchev–Trinajstić information content (AvgIpc) is 3.21. The van der Waals surface area contributed by atoms with E-state index >= 15 is 0 Å². The Morgan fingerprint density at radius 1 is 1.22 bits per heavy atom. The quantitative estimate of drug-likeness (QED) is 0.543. The van der Waals surface area contributed by atoms with Crippen molar-refractivity contribution in [1.82, 2.24) is 24.5 Å². The first kappa shape index (κ1) is 17.4. The smallest absolute Gasteiger partial charge is 0.258 e. The van der Waals surface area contributed by atoms with Crippen LogP contribution in [-0.4, -0.2) is 30.5 Å². The number of hydrogen-bond acceptors (Lipinski definition) is 4. The number of carbonyl (C=O) groups is 1. The third kappa shape index (κ3) is 3.48. The second-order valence-electron chi connectivity index (χ2n) is 6.26. The summed E-state index contributed by atoms with van der Waals surface area (Å²) in [5.41, 5.74) is 3.17. The molecule has 0 aliphatic heterocycles. The Morgan fingerprint density at radius 2 is 2.00 bits per heavy atom. The van der Waals surface area contributed by atoms with Crippen molar-refractivity contribution in [3.8, 4) is 0 Å². The topological polar surface area (TPSA) is 77.6 Å². The van der Waals surface area contributed by atoms with Gasteiger partial charge < -0.3 is 5.32 Å². The summed E-state index contributed by atoms with van der Waals surface area (Å²) in [7, 11) is 1.84. The maximum atomic E-state index is 12.7. The minimum atomic E-state index is -0.231. The molecule has 3 aromatic heterocycles. The molecule has 1 aromatic carbocycles. The Bertz CT molecular complexity index is 1130. The zero-order valence-corrected chi connectivity index (χ0v) is 16.4. The predicted octanol–water partition coefficient (Wildman–Crippen LogP) is 3.54. The highest BCUT2D eigenvalue weighted by Gasteiger charge is 2.14. The molecule has 136 valence electrons. The minimum Gasteiger partial charge on any atom is -0.307 e. The van der Waals surface area contributed by atoms with E-state index in [0.29, 0.717) is 17.9 Å². The lowest BCUT2D eigenvalue weighted by atomic mass is 10.2. The molecule has 0 saturated heterocycles. The van der Waals surface area contributed by atoms with Crippen molar-refractivity contribution in [3.05, 3.63) is 70.1 Å².